The molecule has 0 amide bonds. The highest BCUT2D eigenvalue weighted by Gasteiger charge is 2.37. The van der Waals surface area contributed by atoms with Crippen LogP contribution in [0.1, 0.15) is 6.42 Å². The van der Waals surface area contributed by atoms with Gasteiger partial charge in [-0.05, 0) is 0 Å². The zero-order valence-corrected chi connectivity index (χ0v) is 7.03. The molecule has 0 radical (unpaired) electrons. The Labute approximate surface area is 75.1 Å². The van der Waals surface area contributed by atoms with Gasteiger partial charge in [0.05, 0.1) is 0 Å². The Bertz CT molecular complexity index is 87.6. The van der Waals surface area contributed by atoms with Crippen LogP contribution in [0, 0.1) is 0 Å². The molecule has 0 aliphatic heterocycles. The van der Waals surface area contributed by atoms with Gasteiger partial charge in [-0.15, -0.1) is 11.6 Å². The number of rotatable bonds is 3. The van der Waals surface area contributed by atoms with Crippen LogP contribution in [-0.4, -0.2) is 17.4 Å². The highest BCUT2D eigenvalue weighted by Crippen LogP contribution is 2.28. The predicted molar refractivity (Wildman–Crippen MR) is 31.0 cm³/mol. The molecule has 0 aromatic heterocycles. The fourth-order valence-electron chi connectivity index (χ4n) is 0.235. The quantitative estimate of drug-likeness (QED) is 0.339. The molecule has 8 heteroatoms. The lowest BCUT2D eigenvalue weighted by Crippen LogP contribution is -3.00. The molecule has 0 spiro atoms. The molecule has 0 nitrogen and oxygen atoms in total. The molecular formula is C4H5Cl2F6-3. The van der Waals surface area contributed by atoms with Crippen molar-refractivity contribution in [3.63, 3.8) is 0 Å². The molecule has 0 saturated heterocycles. The van der Waals surface area contributed by atoms with Crippen molar-refractivity contribution in [3.05, 3.63) is 0 Å². The van der Waals surface area contributed by atoms with Gasteiger partial charge < -0.3 is 14.1 Å². The van der Waals surface area contributed by atoms with Crippen LogP contribution in [0.3, 0.4) is 0 Å². The molecule has 80 valence electrons. The minimum atomic E-state index is -3.48. The van der Waals surface area contributed by atoms with E-state index in [2.05, 4.69) is 11.6 Å². The van der Waals surface area contributed by atoms with E-state index < -0.39 is 18.0 Å². The number of hydrogen-bond donors (Lipinski definition) is 0. The zero-order valence-electron chi connectivity index (χ0n) is 5.52. The Hall–Kier alpha value is 0.160. The van der Waals surface area contributed by atoms with Crippen LogP contribution in [0.2, 0.25) is 0 Å². The SMILES string of the molecule is FC(Cl)C(F)(F)CCCl.[F-].[F-].[F-]. The number of alkyl halides is 5. The second-order valence-corrected chi connectivity index (χ2v) is 2.26. The normalized spacial score (nSPS) is 11.8. The molecule has 0 bridgehead atoms. The van der Waals surface area contributed by atoms with Gasteiger partial charge in [-0.3, -0.25) is 0 Å². The summed E-state index contributed by atoms with van der Waals surface area (Å²) in [4.78, 5) is 0. The first-order valence-corrected chi connectivity index (χ1v) is 3.19. The molecule has 0 saturated carbocycles. The lowest BCUT2D eigenvalue weighted by atomic mass is 10.3. The summed E-state index contributed by atoms with van der Waals surface area (Å²) in [6.45, 7) is 0. The van der Waals surface area contributed by atoms with Crippen LogP contribution in [0.25, 0.3) is 0 Å². The molecule has 1 unspecified atom stereocenters. The molecule has 12 heavy (non-hydrogen) atoms. The summed E-state index contributed by atoms with van der Waals surface area (Å²) in [6.07, 6.45) is -0.723. The Balaban J connectivity index is -0.000000107. The minimum absolute atomic E-state index is 0. The van der Waals surface area contributed by atoms with Crippen molar-refractivity contribution in [2.24, 2.45) is 0 Å². The summed E-state index contributed by atoms with van der Waals surface area (Å²) in [5.41, 5.74) is -2.63. The van der Waals surface area contributed by atoms with Gasteiger partial charge in [-0.2, -0.15) is 0 Å². The molecular weight excluding hydrogens is 233 g/mol. The van der Waals surface area contributed by atoms with Gasteiger partial charge in [-0.25, -0.2) is 13.2 Å². The topological polar surface area (TPSA) is 0 Å². The first-order chi connectivity index (χ1) is 4.00. The van der Waals surface area contributed by atoms with Crippen LogP contribution in [0.4, 0.5) is 13.2 Å². The van der Waals surface area contributed by atoms with E-state index in [4.69, 9.17) is 11.6 Å². The summed E-state index contributed by atoms with van der Waals surface area (Å²) in [5.74, 6) is -3.77. The third kappa shape index (κ3) is 8.26. The number of hydrogen-bond acceptors (Lipinski definition) is 0. The fraction of sp³-hybridized carbons (Fsp3) is 1.00. The molecule has 0 rings (SSSR count). The third-order valence-electron chi connectivity index (χ3n) is 0.747. The second-order valence-electron chi connectivity index (χ2n) is 1.50. The summed E-state index contributed by atoms with van der Waals surface area (Å²) < 4.78 is 35.5. The van der Waals surface area contributed by atoms with Crippen LogP contribution in [-0.2, 0) is 0 Å². The van der Waals surface area contributed by atoms with Gasteiger partial charge in [0.15, 0.2) is 0 Å². The molecule has 0 fully saturated rings. The van der Waals surface area contributed by atoms with Gasteiger partial charge in [0.2, 0.25) is 5.63 Å². The van der Waals surface area contributed by atoms with Crippen molar-refractivity contribution >= 4 is 23.2 Å². The van der Waals surface area contributed by atoms with Gasteiger partial charge >= 0.3 is 0 Å². The van der Waals surface area contributed by atoms with Gasteiger partial charge in [0.25, 0.3) is 5.92 Å². The maximum Gasteiger partial charge on any atom is 0.293 e. The smallest absolute Gasteiger partial charge is 0.293 e. The largest absolute Gasteiger partial charge is 1.00 e. The first-order valence-electron chi connectivity index (χ1n) is 2.22. The summed E-state index contributed by atoms with van der Waals surface area (Å²) in [5, 5.41) is 0. The maximum atomic E-state index is 12.0. The summed E-state index contributed by atoms with van der Waals surface area (Å²) in [6, 6.07) is 0. The highest BCUT2D eigenvalue weighted by atomic mass is 35.5. The lowest BCUT2D eigenvalue weighted by molar-refractivity contribution is -0.0423. The maximum absolute atomic E-state index is 12.0. The van der Waals surface area contributed by atoms with Crippen LogP contribution in [0.15, 0.2) is 0 Å². The molecule has 0 aromatic carbocycles. The lowest BCUT2D eigenvalue weighted by Gasteiger charge is -2.13. The predicted octanol–water partition coefficient (Wildman–Crippen LogP) is -6.20. The van der Waals surface area contributed by atoms with E-state index in [9.17, 15) is 13.2 Å². The van der Waals surface area contributed by atoms with Gasteiger partial charge in [0.1, 0.15) is 0 Å². The average molecular weight is 238 g/mol. The van der Waals surface area contributed by atoms with Crippen LogP contribution < -0.4 is 14.1 Å². The van der Waals surface area contributed by atoms with E-state index in [0.29, 0.717) is 0 Å². The molecule has 1 atom stereocenters. The van der Waals surface area contributed by atoms with Crippen LogP contribution in [0.5, 0.6) is 0 Å². The molecule has 0 aliphatic carbocycles. The number of halogens is 8. The monoisotopic (exact) mass is 237 g/mol. The van der Waals surface area contributed by atoms with E-state index in [1.165, 1.54) is 0 Å². The van der Waals surface area contributed by atoms with Crippen molar-refractivity contribution in [3.8, 4) is 0 Å². The molecule has 0 aliphatic rings. The average Bonchev–Trinajstić information content (AvgIpc) is 1.65. The molecule has 0 aromatic rings. The van der Waals surface area contributed by atoms with E-state index in [1.807, 2.05) is 0 Å². The van der Waals surface area contributed by atoms with Crippen molar-refractivity contribution in [2.75, 3.05) is 5.88 Å². The Kier molecular flexibility index (Phi) is 17.5. The standard InChI is InChI=1S/C4H5Cl2F3.3FH/c5-2-1-4(8,9)3(6)7;;;/h3H,1-2H2;3*1H/p-3. The van der Waals surface area contributed by atoms with Crippen LogP contribution >= 0.6 is 23.2 Å². The first kappa shape index (κ1) is 22.7. The summed E-state index contributed by atoms with van der Waals surface area (Å²) >= 11 is 9.40. The Morgan fingerprint density at radius 1 is 1.17 bits per heavy atom. The summed E-state index contributed by atoms with van der Waals surface area (Å²) in [7, 11) is 0. The van der Waals surface area contributed by atoms with Crippen molar-refractivity contribution in [1.29, 1.82) is 0 Å². The van der Waals surface area contributed by atoms with Crippen molar-refractivity contribution in [1.82, 2.24) is 0 Å². The molecule has 0 N–H and O–H groups in total. The molecule has 0 heterocycles. The van der Waals surface area contributed by atoms with Crippen molar-refractivity contribution < 1.29 is 27.3 Å². The zero-order chi connectivity index (χ0) is 7.49. The van der Waals surface area contributed by atoms with Gasteiger partial charge in [0, 0.05) is 12.3 Å². The second kappa shape index (κ2) is 9.25. The van der Waals surface area contributed by atoms with Crippen molar-refractivity contribution in [2.45, 2.75) is 18.0 Å². The van der Waals surface area contributed by atoms with E-state index in [0.717, 1.165) is 0 Å². The fourth-order valence-corrected chi connectivity index (χ4v) is 0.596. The third-order valence-corrected chi connectivity index (χ3v) is 1.26. The minimum Gasteiger partial charge on any atom is -1.00 e. The van der Waals surface area contributed by atoms with E-state index in [-0.39, 0.29) is 20.0 Å². The Morgan fingerprint density at radius 2 is 1.50 bits per heavy atom. The van der Waals surface area contributed by atoms with E-state index >= 15 is 0 Å². The Morgan fingerprint density at radius 3 is 1.58 bits per heavy atom. The van der Waals surface area contributed by atoms with Gasteiger partial charge in [-0.1, -0.05) is 11.6 Å². The van der Waals surface area contributed by atoms with E-state index in [1.54, 1.807) is 0 Å². The highest BCUT2D eigenvalue weighted by molar-refractivity contribution is 6.20.